The van der Waals surface area contributed by atoms with E-state index >= 15 is 0 Å². The largest absolute Gasteiger partial charge is 0.287 e. The molecule has 26 heavy (non-hydrogen) atoms. The van der Waals surface area contributed by atoms with E-state index in [1.807, 2.05) is 18.2 Å². The Labute approximate surface area is 165 Å². The second-order valence-corrected chi connectivity index (χ2v) is 7.89. The highest BCUT2D eigenvalue weighted by Crippen LogP contribution is 2.24. The molecule has 4 nitrogen and oxygen atoms in total. The summed E-state index contributed by atoms with van der Waals surface area (Å²) >= 11 is 13.5. The first-order valence-electron chi connectivity index (χ1n) is 7.99. The Morgan fingerprint density at radius 1 is 1.27 bits per heavy atom. The number of aromatic nitrogens is 2. The number of thioether (sulfide) groups is 1. The highest BCUT2D eigenvalue weighted by atomic mass is 35.5. The molecular weight excluding hydrogens is 389 g/mol. The summed E-state index contributed by atoms with van der Waals surface area (Å²) in [6.07, 6.45) is 0.560. The zero-order valence-corrected chi connectivity index (χ0v) is 16.3. The van der Waals surface area contributed by atoms with E-state index in [2.05, 4.69) is 11.1 Å². The smallest absolute Gasteiger partial charge is 0.262 e. The van der Waals surface area contributed by atoms with Crippen LogP contribution in [0.25, 0.3) is 10.9 Å². The third-order valence-electron chi connectivity index (χ3n) is 3.91. The van der Waals surface area contributed by atoms with Gasteiger partial charge in [-0.15, -0.1) is 0 Å². The van der Waals surface area contributed by atoms with Crippen LogP contribution >= 0.6 is 35.0 Å². The maximum Gasteiger partial charge on any atom is 0.262 e. The molecule has 132 valence electrons. The summed E-state index contributed by atoms with van der Waals surface area (Å²) in [5, 5.41) is 11.0. The van der Waals surface area contributed by atoms with Gasteiger partial charge < -0.3 is 0 Å². The molecule has 0 aliphatic heterocycles. The fourth-order valence-corrected chi connectivity index (χ4v) is 3.90. The molecule has 3 aromatic rings. The van der Waals surface area contributed by atoms with Gasteiger partial charge in [0.1, 0.15) is 0 Å². The van der Waals surface area contributed by atoms with Crippen molar-refractivity contribution in [3.05, 3.63) is 68.4 Å². The Morgan fingerprint density at radius 2 is 2.04 bits per heavy atom. The lowest BCUT2D eigenvalue weighted by molar-refractivity contribution is 0.595. The van der Waals surface area contributed by atoms with E-state index in [0.29, 0.717) is 39.1 Å². The van der Waals surface area contributed by atoms with Crippen LogP contribution in [0.5, 0.6) is 0 Å². The van der Waals surface area contributed by atoms with E-state index in [1.165, 1.54) is 11.8 Å². The van der Waals surface area contributed by atoms with Crippen LogP contribution in [0.2, 0.25) is 10.0 Å². The van der Waals surface area contributed by atoms with Crippen molar-refractivity contribution < 1.29 is 0 Å². The highest BCUT2D eigenvalue weighted by molar-refractivity contribution is 8.00. The minimum Gasteiger partial charge on any atom is -0.287 e. The number of rotatable bonds is 5. The van der Waals surface area contributed by atoms with Gasteiger partial charge in [-0.2, -0.15) is 5.26 Å². The van der Waals surface area contributed by atoms with Crippen molar-refractivity contribution in [1.82, 2.24) is 9.55 Å². The molecule has 0 spiro atoms. The molecule has 0 saturated heterocycles. The molecule has 0 amide bonds. The van der Waals surface area contributed by atoms with Gasteiger partial charge in [-0.3, -0.25) is 9.36 Å². The van der Waals surface area contributed by atoms with Crippen molar-refractivity contribution in [3.8, 4) is 6.07 Å². The van der Waals surface area contributed by atoms with Crippen molar-refractivity contribution in [2.75, 3.05) is 0 Å². The quantitative estimate of drug-likeness (QED) is 0.446. The minimum absolute atomic E-state index is 0.117. The number of fused-ring (bicyclic) bond motifs is 1. The van der Waals surface area contributed by atoms with Gasteiger partial charge in [0, 0.05) is 16.6 Å². The van der Waals surface area contributed by atoms with Gasteiger partial charge in [0.25, 0.3) is 5.56 Å². The van der Waals surface area contributed by atoms with E-state index in [9.17, 15) is 4.79 Å². The summed E-state index contributed by atoms with van der Waals surface area (Å²) in [5.74, 6) is 0. The van der Waals surface area contributed by atoms with Crippen LogP contribution in [0.4, 0.5) is 0 Å². The minimum atomic E-state index is -0.312. The first kappa shape index (κ1) is 18.8. The standard InChI is InChI=1S/C19H15Cl2N3OS/c1-12(11-22)26-19-23-17-5-3-2-4-15(17)18(25)24(19)9-8-13-6-7-14(20)10-16(13)21/h2-7,10,12H,8-9H2,1H3. The molecule has 1 atom stereocenters. The van der Waals surface area contributed by atoms with Crippen LogP contribution in [0.1, 0.15) is 12.5 Å². The van der Waals surface area contributed by atoms with Gasteiger partial charge in [-0.25, -0.2) is 4.98 Å². The van der Waals surface area contributed by atoms with Gasteiger partial charge >= 0.3 is 0 Å². The van der Waals surface area contributed by atoms with Crippen LogP contribution in [-0.4, -0.2) is 14.8 Å². The summed E-state index contributed by atoms with van der Waals surface area (Å²) in [4.78, 5) is 17.5. The lowest BCUT2D eigenvalue weighted by atomic mass is 10.1. The zero-order chi connectivity index (χ0) is 18.7. The zero-order valence-electron chi connectivity index (χ0n) is 13.9. The molecule has 0 fully saturated rings. The summed E-state index contributed by atoms with van der Waals surface area (Å²) in [7, 11) is 0. The Morgan fingerprint density at radius 3 is 2.77 bits per heavy atom. The number of nitrogens with zero attached hydrogens (tertiary/aromatic N) is 3. The maximum atomic E-state index is 13.0. The van der Waals surface area contributed by atoms with Crippen molar-refractivity contribution in [2.45, 2.75) is 30.3 Å². The van der Waals surface area contributed by atoms with Crippen molar-refractivity contribution in [3.63, 3.8) is 0 Å². The van der Waals surface area contributed by atoms with Crippen LogP contribution in [0, 0.1) is 11.3 Å². The Bertz CT molecular complexity index is 1060. The monoisotopic (exact) mass is 403 g/mol. The lowest BCUT2D eigenvalue weighted by Gasteiger charge is -2.14. The number of nitriles is 1. The van der Waals surface area contributed by atoms with Gasteiger partial charge in [0.2, 0.25) is 0 Å². The van der Waals surface area contributed by atoms with E-state index in [-0.39, 0.29) is 10.8 Å². The Balaban J connectivity index is 2.02. The normalized spacial score (nSPS) is 12.1. The SMILES string of the molecule is CC(C#N)Sc1nc2ccccc2c(=O)n1CCc1ccc(Cl)cc1Cl. The van der Waals surface area contributed by atoms with Gasteiger partial charge in [-0.05, 0) is 43.2 Å². The third-order valence-corrected chi connectivity index (χ3v) is 5.48. The number of hydrogen-bond acceptors (Lipinski definition) is 4. The van der Waals surface area contributed by atoms with Crippen LogP contribution in [0.3, 0.4) is 0 Å². The molecule has 2 aromatic carbocycles. The number of hydrogen-bond donors (Lipinski definition) is 0. The molecule has 0 aliphatic carbocycles. The van der Waals surface area contributed by atoms with Gasteiger partial charge in [-0.1, -0.05) is 53.2 Å². The molecule has 0 bridgehead atoms. The summed E-state index contributed by atoms with van der Waals surface area (Å²) < 4.78 is 1.62. The number of benzene rings is 2. The number of para-hydroxylation sites is 1. The second kappa shape index (κ2) is 8.13. The third kappa shape index (κ3) is 4.04. The molecular formula is C19H15Cl2N3OS. The maximum absolute atomic E-state index is 13.0. The Hall–Kier alpha value is -2.00. The summed E-state index contributed by atoms with van der Waals surface area (Å²) in [6, 6.07) is 14.7. The van der Waals surface area contributed by atoms with Crippen molar-refractivity contribution in [2.24, 2.45) is 0 Å². The van der Waals surface area contributed by atoms with Gasteiger partial charge in [0.15, 0.2) is 5.16 Å². The van der Waals surface area contributed by atoms with E-state index in [1.54, 1.807) is 35.8 Å². The van der Waals surface area contributed by atoms with Gasteiger partial charge in [0.05, 0.1) is 22.2 Å². The van der Waals surface area contributed by atoms with E-state index < -0.39 is 0 Å². The number of aryl methyl sites for hydroxylation is 1. The first-order chi connectivity index (χ1) is 12.5. The molecule has 0 saturated carbocycles. The van der Waals surface area contributed by atoms with E-state index in [0.717, 1.165) is 5.56 Å². The second-order valence-electron chi connectivity index (χ2n) is 5.74. The topological polar surface area (TPSA) is 58.7 Å². The molecule has 0 aliphatic rings. The van der Waals surface area contributed by atoms with Crippen molar-refractivity contribution >= 4 is 45.9 Å². The molecule has 1 unspecified atom stereocenters. The highest BCUT2D eigenvalue weighted by Gasteiger charge is 2.14. The van der Waals surface area contributed by atoms with Crippen LogP contribution in [0.15, 0.2) is 52.4 Å². The molecule has 1 aromatic heterocycles. The van der Waals surface area contributed by atoms with Crippen LogP contribution < -0.4 is 5.56 Å². The average Bonchev–Trinajstić information content (AvgIpc) is 2.62. The predicted molar refractivity (Wildman–Crippen MR) is 107 cm³/mol. The number of halogens is 2. The summed E-state index contributed by atoms with van der Waals surface area (Å²) in [5.41, 5.74) is 1.42. The molecule has 7 heteroatoms. The predicted octanol–water partition coefficient (Wildman–Crippen LogP) is 4.95. The van der Waals surface area contributed by atoms with Crippen LogP contribution in [-0.2, 0) is 13.0 Å². The molecule has 0 N–H and O–H groups in total. The molecule has 1 heterocycles. The fraction of sp³-hybridized carbons (Fsp3) is 0.211. The fourth-order valence-electron chi connectivity index (χ4n) is 2.58. The lowest BCUT2D eigenvalue weighted by Crippen LogP contribution is -2.25. The van der Waals surface area contributed by atoms with Crippen molar-refractivity contribution in [1.29, 1.82) is 5.26 Å². The molecule has 0 radical (unpaired) electrons. The average molecular weight is 404 g/mol. The van der Waals surface area contributed by atoms with E-state index in [4.69, 9.17) is 28.5 Å². The summed E-state index contributed by atoms with van der Waals surface area (Å²) in [6.45, 7) is 2.20. The first-order valence-corrected chi connectivity index (χ1v) is 9.63. The Kier molecular flexibility index (Phi) is 5.87. The molecule has 3 rings (SSSR count).